The second-order valence-corrected chi connectivity index (χ2v) is 9.41. The fraction of sp³-hybridized carbons (Fsp3) is 0.440. The van der Waals surface area contributed by atoms with Crippen LogP contribution < -0.4 is 21.1 Å². The van der Waals surface area contributed by atoms with Gasteiger partial charge in [-0.25, -0.2) is 0 Å². The van der Waals surface area contributed by atoms with Crippen molar-refractivity contribution >= 4 is 40.7 Å². The van der Waals surface area contributed by atoms with E-state index in [2.05, 4.69) is 15.5 Å². The summed E-state index contributed by atoms with van der Waals surface area (Å²) in [6.45, 7) is 4.29. The molecular weight excluding hydrogens is 475 g/mol. The highest BCUT2D eigenvalue weighted by molar-refractivity contribution is 6.33. The van der Waals surface area contributed by atoms with Crippen LogP contribution >= 0.6 is 23.2 Å². The summed E-state index contributed by atoms with van der Waals surface area (Å²) in [5.74, 6) is 0.549. The van der Waals surface area contributed by atoms with Crippen molar-refractivity contribution in [2.75, 3.05) is 45.6 Å². The molecule has 7 nitrogen and oxygen atoms in total. The molecular formula is C25H32Cl2N4O3. The number of methoxy groups -OCH3 is 1. The molecule has 1 saturated heterocycles. The predicted molar refractivity (Wildman–Crippen MR) is 137 cm³/mol. The highest BCUT2D eigenvalue weighted by Gasteiger charge is 2.23. The minimum Gasteiger partial charge on any atom is -0.496 e. The number of nitrogens with one attached hydrogen (secondary N) is 2. The van der Waals surface area contributed by atoms with Crippen LogP contribution in [-0.2, 0) is 0 Å². The van der Waals surface area contributed by atoms with E-state index in [-0.39, 0.29) is 11.8 Å². The van der Waals surface area contributed by atoms with Crippen LogP contribution in [0, 0.1) is 5.92 Å². The molecule has 4 N–H and O–H groups in total. The second kappa shape index (κ2) is 12.8. The van der Waals surface area contributed by atoms with Crippen molar-refractivity contribution in [1.29, 1.82) is 0 Å². The minimum absolute atomic E-state index is 0.0695. The number of nitrogens with zero attached hydrogens (tertiary/aromatic N) is 1. The van der Waals surface area contributed by atoms with Crippen LogP contribution in [0.1, 0.15) is 46.4 Å². The molecule has 3 rings (SSSR count). The summed E-state index contributed by atoms with van der Waals surface area (Å²) in [4.78, 5) is 27.1. The van der Waals surface area contributed by atoms with E-state index in [4.69, 9.17) is 33.7 Å². The molecule has 9 heteroatoms. The number of carbonyl (C=O) groups is 2. The molecule has 0 aliphatic carbocycles. The van der Waals surface area contributed by atoms with E-state index in [1.807, 2.05) is 0 Å². The zero-order chi connectivity index (χ0) is 24.5. The summed E-state index contributed by atoms with van der Waals surface area (Å²) in [5.41, 5.74) is 7.18. The monoisotopic (exact) mass is 506 g/mol. The van der Waals surface area contributed by atoms with Crippen molar-refractivity contribution in [2.45, 2.75) is 25.7 Å². The molecule has 2 amide bonds. The molecule has 0 aromatic heterocycles. The van der Waals surface area contributed by atoms with Crippen molar-refractivity contribution < 1.29 is 14.3 Å². The third-order valence-electron chi connectivity index (χ3n) is 6.03. The van der Waals surface area contributed by atoms with E-state index < -0.39 is 0 Å². The number of hydrogen-bond acceptors (Lipinski definition) is 5. The third-order valence-corrected chi connectivity index (χ3v) is 6.61. The van der Waals surface area contributed by atoms with Crippen molar-refractivity contribution in [3.05, 3.63) is 57.6 Å². The maximum absolute atomic E-state index is 12.6. The summed E-state index contributed by atoms with van der Waals surface area (Å²) < 4.78 is 5.27. The topological polar surface area (TPSA) is 96.7 Å². The lowest BCUT2D eigenvalue weighted by atomic mass is 10.1. The number of nitrogens with two attached hydrogens (primary N) is 1. The number of unbranched alkanes of at least 4 members (excludes halogenated alkanes) is 2. The van der Waals surface area contributed by atoms with Crippen molar-refractivity contribution in [3.8, 4) is 5.75 Å². The predicted octanol–water partition coefficient (Wildman–Crippen LogP) is 4.24. The Bertz CT molecular complexity index is 985. The van der Waals surface area contributed by atoms with Gasteiger partial charge in [-0.05, 0) is 68.6 Å². The molecule has 0 bridgehead atoms. The van der Waals surface area contributed by atoms with Gasteiger partial charge in [0.15, 0.2) is 0 Å². The summed E-state index contributed by atoms with van der Waals surface area (Å²) in [6, 6.07) is 10.0. The first-order chi connectivity index (χ1) is 16.4. The van der Waals surface area contributed by atoms with Gasteiger partial charge < -0.3 is 26.0 Å². The van der Waals surface area contributed by atoms with Crippen LogP contribution in [0.3, 0.4) is 0 Å². The Hall–Kier alpha value is -2.48. The summed E-state index contributed by atoms with van der Waals surface area (Å²) in [7, 11) is 1.50. The summed E-state index contributed by atoms with van der Waals surface area (Å²) >= 11 is 11.9. The summed E-state index contributed by atoms with van der Waals surface area (Å²) in [6.07, 6.45) is 4.13. The van der Waals surface area contributed by atoms with Gasteiger partial charge in [0, 0.05) is 36.3 Å². The number of hydrogen-bond donors (Lipinski definition) is 3. The molecule has 1 fully saturated rings. The van der Waals surface area contributed by atoms with Crippen LogP contribution in [0.15, 0.2) is 36.4 Å². The van der Waals surface area contributed by atoms with E-state index >= 15 is 0 Å². The minimum atomic E-state index is -0.210. The zero-order valence-corrected chi connectivity index (χ0v) is 20.9. The number of rotatable bonds is 11. The Balaban J connectivity index is 1.29. The lowest BCUT2D eigenvalue weighted by Crippen LogP contribution is -2.31. The Morgan fingerprint density at radius 1 is 1.09 bits per heavy atom. The van der Waals surface area contributed by atoms with Gasteiger partial charge in [-0.2, -0.15) is 0 Å². The molecule has 1 aliphatic heterocycles. The highest BCUT2D eigenvalue weighted by Crippen LogP contribution is 2.29. The average Bonchev–Trinajstić information content (AvgIpc) is 3.29. The quantitative estimate of drug-likeness (QED) is 0.313. The number of ether oxygens (including phenoxy) is 1. The Labute approximate surface area is 210 Å². The van der Waals surface area contributed by atoms with Crippen molar-refractivity contribution in [2.24, 2.45) is 5.92 Å². The molecule has 1 atom stereocenters. The van der Waals surface area contributed by atoms with Gasteiger partial charge in [-0.15, -0.1) is 0 Å². The Morgan fingerprint density at radius 3 is 2.59 bits per heavy atom. The lowest BCUT2D eigenvalue weighted by molar-refractivity contribution is 0.0939. The van der Waals surface area contributed by atoms with Crippen LogP contribution in [0.2, 0.25) is 10.0 Å². The number of amides is 2. The lowest BCUT2D eigenvalue weighted by Gasteiger charge is -2.17. The molecule has 2 aromatic carbocycles. The molecule has 0 spiro atoms. The third kappa shape index (κ3) is 7.52. The van der Waals surface area contributed by atoms with E-state index in [9.17, 15) is 9.59 Å². The maximum Gasteiger partial charge on any atom is 0.255 e. The van der Waals surface area contributed by atoms with Crippen LogP contribution in [0.4, 0.5) is 5.69 Å². The van der Waals surface area contributed by atoms with Crippen molar-refractivity contribution in [1.82, 2.24) is 15.5 Å². The molecule has 1 heterocycles. The Kier molecular flexibility index (Phi) is 9.86. The first-order valence-corrected chi connectivity index (χ1v) is 12.3. The number of likely N-dealkylation sites (tertiary alicyclic amines) is 1. The smallest absolute Gasteiger partial charge is 0.255 e. The highest BCUT2D eigenvalue weighted by atomic mass is 35.5. The average molecular weight is 507 g/mol. The number of anilines is 1. The largest absolute Gasteiger partial charge is 0.496 e. The van der Waals surface area contributed by atoms with Gasteiger partial charge >= 0.3 is 0 Å². The Morgan fingerprint density at radius 2 is 1.85 bits per heavy atom. The molecule has 0 radical (unpaired) electrons. The number of nitrogen functional groups attached to an aromatic ring is 1. The van der Waals surface area contributed by atoms with E-state index in [1.165, 1.54) is 7.11 Å². The van der Waals surface area contributed by atoms with Gasteiger partial charge in [0.25, 0.3) is 11.8 Å². The fourth-order valence-electron chi connectivity index (χ4n) is 4.07. The summed E-state index contributed by atoms with van der Waals surface area (Å²) in [5, 5.41) is 6.91. The molecule has 1 aliphatic rings. The van der Waals surface area contributed by atoms with Gasteiger partial charge in [0.2, 0.25) is 0 Å². The molecule has 2 aromatic rings. The zero-order valence-electron chi connectivity index (χ0n) is 19.4. The fourth-order valence-corrected chi connectivity index (χ4v) is 4.36. The van der Waals surface area contributed by atoms with Gasteiger partial charge in [-0.3, -0.25) is 9.59 Å². The first-order valence-electron chi connectivity index (χ1n) is 11.5. The molecule has 0 unspecified atom stereocenters. The van der Waals surface area contributed by atoms with E-state index in [0.717, 1.165) is 45.3 Å². The van der Waals surface area contributed by atoms with Gasteiger partial charge in [0.05, 0.1) is 23.4 Å². The van der Waals surface area contributed by atoms with E-state index in [1.54, 1.807) is 36.4 Å². The number of carbonyl (C=O) groups excluding carboxylic acids is 2. The van der Waals surface area contributed by atoms with Crippen LogP contribution in [0.25, 0.3) is 0 Å². The molecule has 0 saturated carbocycles. The first kappa shape index (κ1) is 26.1. The number of halogens is 2. The maximum atomic E-state index is 12.6. The van der Waals surface area contributed by atoms with Gasteiger partial charge in [-0.1, -0.05) is 29.6 Å². The van der Waals surface area contributed by atoms with E-state index in [0.29, 0.717) is 51.6 Å². The van der Waals surface area contributed by atoms with Crippen molar-refractivity contribution in [3.63, 3.8) is 0 Å². The molecule has 184 valence electrons. The number of benzene rings is 2. The van der Waals surface area contributed by atoms with Crippen LogP contribution in [-0.4, -0.2) is 56.5 Å². The normalized spacial score (nSPS) is 15.8. The SMILES string of the molecule is COc1cc(N)c(Cl)cc1C(=O)NC[C@H]1CCN(CCCCCNC(=O)c2ccc(Cl)cc2)C1. The standard InChI is InChI=1S/C25H32Cl2N4O3/c1-34-23-14-22(28)21(27)13-20(23)25(33)30-15-17-9-12-31(16-17)11-4-2-3-10-29-24(32)18-5-7-19(26)8-6-18/h5-8,13-14,17H,2-4,9-12,15-16,28H2,1H3,(H,29,32)(H,30,33)/t17-/m1/s1. The van der Waals surface area contributed by atoms with Gasteiger partial charge in [0.1, 0.15) is 5.75 Å². The second-order valence-electron chi connectivity index (χ2n) is 8.56. The molecule has 34 heavy (non-hydrogen) atoms. The van der Waals surface area contributed by atoms with Crippen LogP contribution in [0.5, 0.6) is 5.75 Å².